The lowest BCUT2D eigenvalue weighted by atomic mass is 10.1. The van der Waals surface area contributed by atoms with Crippen LogP contribution < -0.4 is 0 Å². The van der Waals surface area contributed by atoms with Crippen LogP contribution in [0.1, 0.15) is 41.9 Å². The van der Waals surface area contributed by atoms with Crippen molar-refractivity contribution in [3.05, 3.63) is 52.3 Å². The average molecular weight is 242 g/mol. The van der Waals surface area contributed by atoms with E-state index in [1.54, 1.807) is 0 Å². The molecule has 1 heterocycles. The Bertz CT molecular complexity index is 518. The number of benzene rings is 1. The van der Waals surface area contributed by atoms with Crippen molar-refractivity contribution in [2.24, 2.45) is 0 Å². The molecule has 0 radical (unpaired) electrons. The first-order chi connectivity index (χ1) is 8.62. The molecule has 2 nitrogen and oxygen atoms in total. The number of aryl methyl sites for hydroxylation is 4. The van der Waals surface area contributed by atoms with E-state index in [1.807, 2.05) is 0 Å². The van der Waals surface area contributed by atoms with E-state index in [0.717, 1.165) is 19.4 Å². The van der Waals surface area contributed by atoms with Crippen molar-refractivity contribution in [1.29, 1.82) is 0 Å². The van der Waals surface area contributed by atoms with Crippen LogP contribution in [0, 0.1) is 13.8 Å². The topological polar surface area (TPSA) is 17.8 Å². The summed E-state index contributed by atoms with van der Waals surface area (Å²) in [5.41, 5.74) is 6.51. The number of aromatic nitrogens is 2. The van der Waals surface area contributed by atoms with Gasteiger partial charge < -0.3 is 0 Å². The number of nitrogens with zero attached hydrogens (tertiary/aromatic N) is 2. The van der Waals surface area contributed by atoms with E-state index in [9.17, 15) is 0 Å². The smallest absolute Gasteiger partial charge is 0.0662 e. The Morgan fingerprint density at radius 1 is 0.944 bits per heavy atom. The maximum atomic E-state index is 4.67. The first-order valence-corrected chi connectivity index (χ1v) is 6.75. The largest absolute Gasteiger partial charge is 0.265 e. The standard InChI is InChI=1S/C16H22N2/c1-5-15-10-16(6-2)18(17-15)11-14-8-12(3)7-13(4)9-14/h7-10H,5-6,11H2,1-4H3. The summed E-state index contributed by atoms with van der Waals surface area (Å²) in [5, 5.41) is 4.67. The molecule has 0 aliphatic rings. The maximum Gasteiger partial charge on any atom is 0.0662 e. The number of hydrogen-bond donors (Lipinski definition) is 0. The van der Waals surface area contributed by atoms with Crippen molar-refractivity contribution in [2.75, 3.05) is 0 Å². The van der Waals surface area contributed by atoms with Gasteiger partial charge in [0.25, 0.3) is 0 Å². The summed E-state index contributed by atoms with van der Waals surface area (Å²) in [6.07, 6.45) is 2.05. The van der Waals surface area contributed by atoms with E-state index in [0.29, 0.717) is 0 Å². The summed E-state index contributed by atoms with van der Waals surface area (Å²) in [6, 6.07) is 8.94. The molecule has 0 saturated carbocycles. The predicted octanol–water partition coefficient (Wildman–Crippen LogP) is 3.67. The van der Waals surface area contributed by atoms with Gasteiger partial charge in [0.1, 0.15) is 0 Å². The second-order valence-corrected chi connectivity index (χ2v) is 4.99. The summed E-state index contributed by atoms with van der Waals surface area (Å²) in [7, 11) is 0. The maximum absolute atomic E-state index is 4.67. The van der Waals surface area contributed by atoms with Crippen LogP contribution in [0.5, 0.6) is 0 Å². The van der Waals surface area contributed by atoms with E-state index in [2.05, 4.69) is 61.7 Å². The molecule has 1 aromatic heterocycles. The van der Waals surface area contributed by atoms with Gasteiger partial charge in [-0.3, -0.25) is 4.68 Å². The first-order valence-electron chi connectivity index (χ1n) is 6.75. The Morgan fingerprint density at radius 3 is 2.17 bits per heavy atom. The highest BCUT2D eigenvalue weighted by atomic mass is 15.3. The highest BCUT2D eigenvalue weighted by molar-refractivity contribution is 5.29. The fraction of sp³-hybridized carbons (Fsp3) is 0.438. The highest BCUT2D eigenvalue weighted by Crippen LogP contribution is 2.13. The zero-order chi connectivity index (χ0) is 13.1. The summed E-state index contributed by atoms with van der Waals surface area (Å²) in [4.78, 5) is 0. The fourth-order valence-electron chi connectivity index (χ4n) is 2.44. The van der Waals surface area contributed by atoms with E-state index < -0.39 is 0 Å². The zero-order valence-electron chi connectivity index (χ0n) is 11.8. The summed E-state index contributed by atoms with van der Waals surface area (Å²) < 4.78 is 2.15. The van der Waals surface area contributed by atoms with Crippen LogP contribution in [0.4, 0.5) is 0 Å². The van der Waals surface area contributed by atoms with Gasteiger partial charge in [-0.2, -0.15) is 5.10 Å². The molecule has 1 aromatic carbocycles. The van der Waals surface area contributed by atoms with Crippen molar-refractivity contribution in [3.63, 3.8) is 0 Å². The minimum Gasteiger partial charge on any atom is -0.265 e. The highest BCUT2D eigenvalue weighted by Gasteiger charge is 2.06. The van der Waals surface area contributed by atoms with E-state index in [4.69, 9.17) is 0 Å². The monoisotopic (exact) mass is 242 g/mol. The molecule has 2 heteroatoms. The van der Waals surface area contributed by atoms with Gasteiger partial charge in [-0.15, -0.1) is 0 Å². The van der Waals surface area contributed by atoms with Crippen molar-refractivity contribution in [1.82, 2.24) is 9.78 Å². The van der Waals surface area contributed by atoms with E-state index in [-0.39, 0.29) is 0 Å². The van der Waals surface area contributed by atoms with Gasteiger partial charge in [0, 0.05) is 5.69 Å². The molecule has 0 saturated heterocycles. The summed E-state index contributed by atoms with van der Waals surface area (Å²) in [5.74, 6) is 0. The van der Waals surface area contributed by atoms with Gasteiger partial charge in [0.05, 0.1) is 12.2 Å². The molecule has 0 N–H and O–H groups in total. The van der Waals surface area contributed by atoms with Crippen LogP contribution in [0.2, 0.25) is 0 Å². The van der Waals surface area contributed by atoms with Gasteiger partial charge in [0.2, 0.25) is 0 Å². The number of rotatable bonds is 4. The second-order valence-electron chi connectivity index (χ2n) is 4.99. The zero-order valence-corrected chi connectivity index (χ0v) is 11.8. The molecule has 18 heavy (non-hydrogen) atoms. The third-order valence-corrected chi connectivity index (χ3v) is 3.25. The molecule has 2 rings (SSSR count). The quantitative estimate of drug-likeness (QED) is 0.800. The predicted molar refractivity (Wildman–Crippen MR) is 76.0 cm³/mol. The van der Waals surface area contributed by atoms with Gasteiger partial charge in [-0.1, -0.05) is 43.2 Å². The molecule has 0 bridgehead atoms. The lowest BCUT2D eigenvalue weighted by Gasteiger charge is -2.08. The molecule has 0 spiro atoms. The lowest BCUT2D eigenvalue weighted by Crippen LogP contribution is -2.06. The van der Waals surface area contributed by atoms with Crippen LogP contribution >= 0.6 is 0 Å². The molecule has 0 atom stereocenters. The van der Waals surface area contributed by atoms with Crippen LogP contribution in [-0.4, -0.2) is 9.78 Å². The molecule has 0 unspecified atom stereocenters. The lowest BCUT2D eigenvalue weighted by molar-refractivity contribution is 0.640. The molecule has 0 aliphatic heterocycles. The average Bonchev–Trinajstić information content (AvgIpc) is 2.70. The Kier molecular flexibility index (Phi) is 3.85. The van der Waals surface area contributed by atoms with Crippen molar-refractivity contribution < 1.29 is 0 Å². The molecular weight excluding hydrogens is 220 g/mol. The Labute approximate surface area is 110 Å². The van der Waals surface area contributed by atoms with E-state index >= 15 is 0 Å². The second kappa shape index (κ2) is 5.38. The van der Waals surface area contributed by atoms with Crippen molar-refractivity contribution in [3.8, 4) is 0 Å². The van der Waals surface area contributed by atoms with Crippen molar-refractivity contribution in [2.45, 2.75) is 47.1 Å². The molecule has 0 fully saturated rings. The Balaban J connectivity index is 2.29. The van der Waals surface area contributed by atoms with Crippen LogP contribution in [-0.2, 0) is 19.4 Å². The fourth-order valence-corrected chi connectivity index (χ4v) is 2.44. The van der Waals surface area contributed by atoms with Gasteiger partial charge >= 0.3 is 0 Å². The Hall–Kier alpha value is -1.57. The normalized spacial score (nSPS) is 10.9. The van der Waals surface area contributed by atoms with E-state index in [1.165, 1.54) is 28.1 Å². The first kappa shape index (κ1) is 12.9. The molecular formula is C16H22N2. The van der Waals surface area contributed by atoms with Crippen molar-refractivity contribution >= 4 is 0 Å². The van der Waals surface area contributed by atoms with Crippen LogP contribution in [0.25, 0.3) is 0 Å². The summed E-state index contributed by atoms with van der Waals surface area (Å²) >= 11 is 0. The third-order valence-electron chi connectivity index (χ3n) is 3.25. The minimum atomic E-state index is 0.881. The van der Waals surface area contributed by atoms with Gasteiger partial charge in [-0.05, 0) is 38.3 Å². The minimum absolute atomic E-state index is 0.881. The molecule has 2 aromatic rings. The van der Waals surface area contributed by atoms with Crippen LogP contribution in [0.15, 0.2) is 24.3 Å². The summed E-state index contributed by atoms with van der Waals surface area (Å²) in [6.45, 7) is 9.53. The Morgan fingerprint density at radius 2 is 1.61 bits per heavy atom. The third kappa shape index (κ3) is 2.81. The molecule has 0 aliphatic carbocycles. The van der Waals surface area contributed by atoms with Crippen LogP contribution in [0.3, 0.4) is 0 Å². The SMILES string of the molecule is CCc1cc(CC)n(Cc2cc(C)cc(C)c2)n1. The number of hydrogen-bond acceptors (Lipinski definition) is 1. The van der Waals surface area contributed by atoms with Gasteiger partial charge in [0.15, 0.2) is 0 Å². The van der Waals surface area contributed by atoms with Gasteiger partial charge in [-0.25, -0.2) is 0 Å². The molecule has 0 amide bonds. The molecule has 96 valence electrons.